The van der Waals surface area contributed by atoms with Gasteiger partial charge in [0.2, 0.25) is 0 Å². The molecule has 5 heteroatoms. The number of carbonyl (C=O) groups is 1. The lowest BCUT2D eigenvalue weighted by Gasteiger charge is -2.33. The van der Waals surface area contributed by atoms with E-state index >= 15 is 0 Å². The van der Waals surface area contributed by atoms with Gasteiger partial charge in [-0.05, 0) is 25.0 Å². The highest BCUT2D eigenvalue weighted by Gasteiger charge is 2.41. The van der Waals surface area contributed by atoms with Crippen molar-refractivity contribution in [3.05, 3.63) is 0 Å². The first-order chi connectivity index (χ1) is 7.73. The lowest BCUT2D eigenvalue weighted by atomic mass is 9.99. The second kappa shape index (κ2) is 5.38. The standard InChI is InChI=1S/C11H18O4S/c12-10(13)11(3-1-5-16-8-11)15-7-9-2-4-14-6-9/h9H,1-8H2,(H,12,13). The van der Waals surface area contributed by atoms with Crippen molar-refractivity contribution in [2.45, 2.75) is 24.9 Å². The van der Waals surface area contributed by atoms with Crippen LogP contribution < -0.4 is 0 Å². The first kappa shape index (κ1) is 12.2. The van der Waals surface area contributed by atoms with Crippen LogP contribution in [0.5, 0.6) is 0 Å². The van der Waals surface area contributed by atoms with Gasteiger partial charge >= 0.3 is 5.97 Å². The predicted octanol–water partition coefficient (Wildman–Crippen LogP) is 1.39. The van der Waals surface area contributed by atoms with Crippen molar-refractivity contribution in [3.8, 4) is 0 Å². The van der Waals surface area contributed by atoms with Crippen molar-refractivity contribution in [1.82, 2.24) is 0 Å². The summed E-state index contributed by atoms with van der Waals surface area (Å²) in [5.41, 5.74) is -0.939. The minimum absolute atomic E-state index is 0.378. The Morgan fingerprint density at radius 3 is 3.06 bits per heavy atom. The van der Waals surface area contributed by atoms with Crippen molar-refractivity contribution in [1.29, 1.82) is 0 Å². The van der Waals surface area contributed by atoms with E-state index in [0.29, 0.717) is 31.3 Å². The number of thioether (sulfide) groups is 1. The number of hydrogen-bond acceptors (Lipinski definition) is 4. The Labute approximate surface area is 99.7 Å². The smallest absolute Gasteiger partial charge is 0.336 e. The maximum absolute atomic E-state index is 11.3. The van der Waals surface area contributed by atoms with Crippen LogP contribution in [0.25, 0.3) is 0 Å². The molecule has 1 N–H and O–H groups in total. The van der Waals surface area contributed by atoms with E-state index in [0.717, 1.165) is 25.2 Å². The average Bonchev–Trinajstić information content (AvgIpc) is 2.80. The third kappa shape index (κ3) is 2.70. The molecule has 2 heterocycles. The van der Waals surface area contributed by atoms with Crippen molar-refractivity contribution in [3.63, 3.8) is 0 Å². The summed E-state index contributed by atoms with van der Waals surface area (Å²) in [5.74, 6) is 1.20. The Balaban J connectivity index is 1.88. The summed E-state index contributed by atoms with van der Waals surface area (Å²) in [6, 6.07) is 0. The number of aliphatic carboxylic acids is 1. The van der Waals surface area contributed by atoms with E-state index in [1.807, 2.05) is 0 Å². The van der Waals surface area contributed by atoms with Gasteiger partial charge in [0.15, 0.2) is 5.60 Å². The van der Waals surface area contributed by atoms with E-state index in [1.165, 1.54) is 0 Å². The molecule has 0 aliphatic carbocycles. The van der Waals surface area contributed by atoms with Gasteiger partial charge in [0, 0.05) is 18.3 Å². The molecule has 2 aliphatic rings. The van der Waals surface area contributed by atoms with Crippen molar-refractivity contribution >= 4 is 17.7 Å². The van der Waals surface area contributed by atoms with Crippen LogP contribution in [0.4, 0.5) is 0 Å². The molecule has 0 amide bonds. The number of carboxylic acids is 1. The largest absolute Gasteiger partial charge is 0.479 e. The minimum Gasteiger partial charge on any atom is -0.479 e. The summed E-state index contributed by atoms with van der Waals surface area (Å²) in [4.78, 5) is 11.3. The molecule has 2 saturated heterocycles. The Bertz CT molecular complexity index is 244. The average molecular weight is 246 g/mol. The highest BCUT2D eigenvalue weighted by atomic mass is 32.2. The maximum atomic E-state index is 11.3. The molecule has 0 aromatic carbocycles. The number of carboxylic acid groups (broad SMARTS) is 1. The van der Waals surface area contributed by atoms with Crippen LogP contribution in [0, 0.1) is 5.92 Å². The molecule has 2 rings (SSSR count). The first-order valence-corrected chi connectivity index (χ1v) is 6.91. The molecule has 0 spiro atoms. The number of hydrogen-bond donors (Lipinski definition) is 1. The van der Waals surface area contributed by atoms with Crippen LogP contribution >= 0.6 is 11.8 Å². The maximum Gasteiger partial charge on any atom is 0.336 e. The molecule has 2 atom stereocenters. The molecule has 2 fully saturated rings. The third-order valence-corrected chi connectivity index (χ3v) is 4.46. The molecule has 2 aliphatic heterocycles. The second-order valence-electron chi connectivity index (χ2n) is 4.50. The second-order valence-corrected chi connectivity index (χ2v) is 5.60. The molecule has 16 heavy (non-hydrogen) atoms. The highest BCUT2D eigenvalue weighted by Crippen LogP contribution is 2.31. The molecule has 92 valence electrons. The lowest BCUT2D eigenvalue weighted by Crippen LogP contribution is -2.47. The molecule has 0 saturated carbocycles. The van der Waals surface area contributed by atoms with E-state index in [2.05, 4.69) is 0 Å². The van der Waals surface area contributed by atoms with Gasteiger partial charge in [0.25, 0.3) is 0 Å². The van der Waals surface area contributed by atoms with Gasteiger partial charge in [-0.25, -0.2) is 4.79 Å². The van der Waals surface area contributed by atoms with Crippen LogP contribution in [0.3, 0.4) is 0 Å². The van der Waals surface area contributed by atoms with Crippen LogP contribution in [0.1, 0.15) is 19.3 Å². The van der Waals surface area contributed by atoms with Gasteiger partial charge in [-0.3, -0.25) is 0 Å². The summed E-state index contributed by atoms with van der Waals surface area (Å²) < 4.78 is 11.0. The third-order valence-electron chi connectivity index (χ3n) is 3.21. The zero-order valence-electron chi connectivity index (χ0n) is 9.31. The minimum atomic E-state index is -0.939. The Morgan fingerprint density at radius 2 is 2.50 bits per heavy atom. The Hall–Kier alpha value is -0.260. The van der Waals surface area contributed by atoms with Crippen molar-refractivity contribution in [2.75, 3.05) is 31.3 Å². The van der Waals surface area contributed by atoms with Gasteiger partial charge in [-0.2, -0.15) is 11.8 Å². The monoisotopic (exact) mass is 246 g/mol. The topological polar surface area (TPSA) is 55.8 Å². The first-order valence-electron chi connectivity index (χ1n) is 5.76. The van der Waals surface area contributed by atoms with E-state index in [4.69, 9.17) is 9.47 Å². The van der Waals surface area contributed by atoms with E-state index in [1.54, 1.807) is 11.8 Å². The SMILES string of the molecule is O=C(O)C1(OCC2CCOC2)CCCSC1. The van der Waals surface area contributed by atoms with Crippen molar-refractivity contribution in [2.24, 2.45) is 5.92 Å². The van der Waals surface area contributed by atoms with Gasteiger partial charge in [-0.1, -0.05) is 0 Å². The van der Waals surface area contributed by atoms with Crippen LogP contribution in [-0.2, 0) is 14.3 Å². The van der Waals surface area contributed by atoms with Gasteiger partial charge in [0.05, 0.1) is 13.2 Å². The summed E-state index contributed by atoms with van der Waals surface area (Å²) in [7, 11) is 0. The quantitative estimate of drug-likeness (QED) is 0.812. The van der Waals surface area contributed by atoms with Crippen LogP contribution in [0.2, 0.25) is 0 Å². The zero-order chi connectivity index (χ0) is 11.4. The molecule has 0 aromatic heterocycles. The fourth-order valence-corrected chi connectivity index (χ4v) is 3.28. The van der Waals surface area contributed by atoms with E-state index in [9.17, 15) is 9.90 Å². The summed E-state index contributed by atoms with van der Waals surface area (Å²) in [5, 5.41) is 9.29. The van der Waals surface area contributed by atoms with E-state index in [-0.39, 0.29) is 0 Å². The summed E-state index contributed by atoms with van der Waals surface area (Å²) in [6.07, 6.45) is 2.56. The molecule has 0 aromatic rings. The number of ether oxygens (including phenoxy) is 2. The van der Waals surface area contributed by atoms with E-state index < -0.39 is 11.6 Å². The Kier molecular flexibility index (Phi) is 4.10. The lowest BCUT2D eigenvalue weighted by molar-refractivity contribution is -0.165. The molecular formula is C11H18O4S. The van der Waals surface area contributed by atoms with Gasteiger partial charge in [0.1, 0.15) is 0 Å². The zero-order valence-corrected chi connectivity index (χ0v) is 10.1. The van der Waals surface area contributed by atoms with Gasteiger partial charge in [-0.15, -0.1) is 0 Å². The van der Waals surface area contributed by atoms with Gasteiger partial charge < -0.3 is 14.6 Å². The molecule has 2 unspecified atom stereocenters. The number of rotatable bonds is 4. The fourth-order valence-electron chi connectivity index (χ4n) is 2.11. The normalized spacial score (nSPS) is 35.1. The van der Waals surface area contributed by atoms with Crippen LogP contribution in [-0.4, -0.2) is 48.0 Å². The fraction of sp³-hybridized carbons (Fsp3) is 0.909. The summed E-state index contributed by atoms with van der Waals surface area (Å²) >= 11 is 1.68. The summed E-state index contributed by atoms with van der Waals surface area (Å²) in [6.45, 7) is 2.01. The Morgan fingerprint density at radius 1 is 1.62 bits per heavy atom. The van der Waals surface area contributed by atoms with Crippen LogP contribution in [0.15, 0.2) is 0 Å². The molecular weight excluding hydrogens is 228 g/mol. The predicted molar refractivity (Wildman–Crippen MR) is 61.8 cm³/mol. The molecule has 0 radical (unpaired) electrons. The van der Waals surface area contributed by atoms with Crippen molar-refractivity contribution < 1.29 is 19.4 Å². The molecule has 0 bridgehead atoms. The highest BCUT2D eigenvalue weighted by molar-refractivity contribution is 7.99. The molecule has 4 nitrogen and oxygen atoms in total.